The van der Waals surface area contributed by atoms with E-state index in [0.717, 1.165) is 28.7 Å². The molecule has 9 amide bonds. The lowest BCUT2D eigenvalue weighted by Crippen LogP contribution is -2.56. The van der Waals surface area contributed by atoms with E-state index in [1.807, 2.05) is 132 Å². The molecule has 26 nitrogen and oxygen atoms in total. The lowest BCUT2D eigenvalue weighted by molar-refractivity contribution is -0.151. The fourth-order valence-corrected chi connectivity index (χ4v) is 14.0. The summed E-state index contributed by atoms with van der Waals surface area (Å²) in [7, 11) is 0. The molecule has 590 valence electrons. The van der Waals surface area contributed by atoms with E-state index in [-0.39, 0.29) is 126 Å². The summed E-state index contributed by atoms with van der Waals surface area (Å²) < 4.78 is 0. The number of nitrogens with one attached hydrogen (secondary N) is 1. The number of carbonyl (C=O) groups excluding carboxylic acids is 10. The van der Waals surface area contributed by atoms with Crippen LogP contribution < -0.4 is 28.3 Å². The van der Waals surface area contributed by atoms with E-state index in [1.54, 1.807) is 32.6 Å². The van der Waals surface area contributed by atoms with Gasteiger partial charge in [-0.1, -0.05) is 162 Å². The number of unbranched alkanes of at least 4 members (excludes halogenated alkanes) is 3. The molecule has 2 fully saturated rings. The van der Waals surface area contributed by atoms with Gasteiger partial charge in [-0.2, -0.15) is 0 Å². The Bertz CT molecular complexity index is 3500. The first-order chi connectivity index (χ1) is 51.7. The zero-order chi connectivity index (χ0) is 78.8. The van der Waals surface area contributed by atoms with Crippen molar-refractivity contribution in [2.24, 2.45) is 44.8 Å². The molecule has 2 aliphatic heterocycles. The summed E-state index contributed by atoms with van der Waals surface area (Å²) >= 11 is 0. The van der Waals surface area contributed by atoms with Gasteiger partial charge in [-0.3, -0.25) is 57.9 Å². The van der Waals surface area contributed by atoms with Crippen molar-refractivity contribution < 1.29 is 47.9 Å². The molecule has 2 heterocycles. The normalized spacial score (nSPS) is 14.1. The Hall–Kier alpha value is -9.72. The molecule has 0 aliphatic carbocycles. The van der Waals surface area contributed by atoms with Crippen molar-refractivity contribution in [1.82, 2.24) is 49.4 Å². The number of nitrogens with two attached hydrogens (primary N) is 4. The number of carbonyl (C=O) groups is 10. The molecule has 0 radical (unpaired) electrons. The molecule has 4 aromatic rings. The lowest BCUT2D eigenvalue weighted by atomic mass is 9.90. The largest absolute Gasteiger partial charge is 0.370 e. The Labute approximate surface area is 640 Å². The van der Waals surface area contributed by atoms with Gasteiger partial charge in [0.2, 0.25) is 53.2 Å². The van der Waals surface area contributed by atoms with Crippen LogP contribution in [0.1, 0.15) is 167 Å². The molecule has 4 aromatic carbocycles. The molecular formula is C82H122N16O10. The van der Waals surface area contributed by atoms with E-state index >= 15 is 19.2 Å². The third-order valence-corrected chi connectivity index (χ3v) is 19.7. The van der Waals surface area contributed by atoms with Crippen molar-refractivity contribution in [3.8, 4) is 0 Å². The minimum absolute atomic E-state index is 0.00763. The quantitative estimate of drug-likeness (QED) is 0.0192. The van der Waals surface area contributed by atoms with Gasteiger partial charge in [0.1, 0.15) is 19.1 Å². The van der Waals surface area contributed by atoms with Gasteiger partial charge < -0.3 is 72.4 Å². The summed E-state index contributed by atoms with van der Waals surface area (Å²) in [5.41, 5.74) is 26.4. The van der Waals surface area contributed by atoms with Crippen molar-refractivity contribution in [2.75, 3.05) is 118 Å². The molecule has 108 heavy (non-hydrogen) atoms. The van der Waals surface area contributed by atoms with Gasteiger partial charge >= 0.3 is 0 Å². The second-order valence-electron chi connectivity index (χ2n) is 29.9. The molecule has 2 aliphatic rings. The van der Waals surface area contributed by atoms with Crippen LogP contribution in [0.15, 0.2) is 131 Å². The van der Waals surface area contributed by atoms with Gasteiger partial charge in [-0.15, -0.1) is 0 Å². The second kappa shape index (κ2) is 45.2. The third-order valence-electron chi connectivity index (χ3n) is 19.7. The highest BCUT2D eigenvalue weighted by atomic mass is 16.2. The van der Waals surface area contributed by atoms with Crippen molar-refractivity contribution in [2.45, 2.75) is 169 Å². The highest BCUT2D eigenvalue weighted by molar-refractivity contribution is 5.96. The molecule has 26 heteroatoms. The first-order valence-corrected chi connectivity index (χ1v) is 38.8. The fourth-order valence-electron chi connectivity index (χ4n) is 14.0. The Morgan fingerprint density at radius 3 is 1.20 bits per heavy atom. The Morgan fingerprint density at radius 2 is 0.806 bits per heavy atom. The maximum absolute atomic E-state index is 15.8. The van der Waals surface area contributed by atoms with E-state index < -0.39 is 104 Å². The molecule has 0 aromatic heterocycles. The van der Waals surface area contributed by atoms with Crippen LogP contribution >= 0.6 is 0 Å². The number of benzene rings is 4. The number of aliphatic imine (C=N–C) groups is 2. The number of amides is 9. The monoisotopic (exact) mass is 1490 g/mol. The lowest BCUT2D eigenvalue weighted by Gasteiger charge is -2.36. The first-order valence-electron chi connectivity index (χ1n) is 38.8. The van der Waals surface area contributed by atoms with Crippen molar-refractivity contribution in [3.63, 3.8) is 0 Å². The standard InChI is InChI=1S/C82H122N16O10/c1-10-11-40-71(99)69-38-28-45-95(69)78(106)57-97(61(6)7)76(104)56-91(44-27-25-42-89-82(85)86)74(102)53-93(50-60(4)5)75(103)54-94(51-68(65-34-20-14-21-35-65)66-36-22-15-23-37-66)80(108)70-39-29-46-96(70)79(107)58-98(62(8)9)77(105)55-90(43-26-24-41-88-81(83)84)73(101)52-92(49-59(2)3)72(100)48-87-47-67(63-30-16-12-17-31-63)64-32-18-13-19-33-64/h12-23,30-37,59-62,67-70,87H,10-11,24-29,38-58H2,1-9H3,(H4,83,84,88)(H4,85,86,89). The SMILES string of the molecule is CCCCC(=O)C1CCCN1C(=O)CN(C(=O)CN(CCCCN=C(N)N)C(=O)CN(CC(C)C)C(=O)CN(CC(c1ccccc1)c1ccccc1)C(=O)C1CCCN1C(=O)CN(C(=O)CN(CCCCN=C(N)N)C(=O)CN(CC(C)C)C(=O)CNCC(c1ccccc1)c1ccccc1)C(C)C)C(C)C. The predicted molar refractivity (Wildman–Crippen MR) is 422 cm³/mol. The highest BCUT2D eigenvalue weighted by Crippen LogP contribution is 2.30. The van der Waals surface area contributed by atoms with Crippen LogP contribution in [-0.4, -0.2) is 257 Å². The number of hydrogen-bond donors (Lipinski definition) is 5. The van der Waals surface area contributed by atoms with E-state index in [9.17, 15) is 28.8 Å². The Balaban J connectivity index is 1.25. The van der Waals surface area contributed by atoms with Gasteiger partial charge in [0, 0.05) is 95.8 Å². The zero-order valence-corrected chi connectivity index (χ0v) is 65.5. The molecule has 2 unspecified atom stereocenters. The molecule has 0 saturated carbocycles. The van der Waals surface area contributed by atoms with E-state index in [4.69, 9.17) is 22.9 Å². The first kappa shape index (κ1) is 87.2. The van der Waals surface area contributed by atoms with Crippen molar-refractivity contribution >= 4 is 70.9 Å². The van der Waals surface area contributed by atoms with E-state index in [0.29, 0.717) is 70.9 Å². The molecule has 0 spiro atoms. The molecule has 9 N–H and O–H groups in total. The van der Waals surface area contributed by atoms with Gasteiger partial charge in [0.25, 0.3) is 0 Å². The van der Waals surface area contributed by atoms with Crippen LogP contribution in [0.3, 0.4) is 0 Å². The van der Waals surface area contributed by atoms with Crippen LogP contribution in [0.5, 0.6) is 0 Å². The maximum atomic E-state index is 15.8. The molecule has 2 saturated heterocycles. The molecule has 6 rings (SSSR count). The summed E-state index contributed by atoms with van der Waals surface area (Å²) in [6.45, 7) is 16.0. The van der Waals surface area contributed by atoms with Gasteiger partial charge in [-0.05, 0) is 120 Å². The number of hydrogen-bond acceptors (Lipinski definition) is 13. The van der Waals surface area contributed by atoms with E-state index in [2.05, 4.69) is 39.6 Å². The zero-order valence-electron chi connectivity index (χ0n) is 65.5. The predicted octanol–water partition coefficient (Wildman–Crippen LogP) is 6.02. The minimum Gasteiger partial charge on any atom is -0.370 e. The van der Waals surface area contributed by atoms with Crippen LogP contribution in [0.2, 0.25) is 0 Å². The van der Waals surface area contributed by atoms with Crippen LogP contribution in [-0.2, 0) is 47.9 Å². The Kier molecular flexibility index (Phi) is 36.5. The van der Waals surface area contributed by atoms with Crippen molar-refractivity contribution in [3.05, 3.63) is 144 Å². The van der Waals surface area contributed by atoms with Crippen LogP contribution in [0.25, 0.3) is 0 Å². The summed E-state index contributed by atoms with van der Waals surface area (Å²) in [6, 6.07) is 36.6. The van der Waals surface area contributed by atoms with Gasteiger partial charge in [-0.25, -0.2) is 0 Å². The fraction of sp³-hybridized carbons (Fsp3) is 0.561. The van der Waals surface area contributed by atoms with Crippen LogP contribution in [0.4, 0.5) is 0 Å². The molecular weight excluding hydrogens is 1370 g/mol. The average Bonchev–Trinajstić information content (AvgIpc) is 1.21. The van der Waals surface area contributed by atoms with Crippen LogP contribution in [0, 0.1) is 11.8 Å². The summed E-state index contributed by atoms with van der Waals surface area (Å²) in [5.74, 6) is -5.14. The van der Waals surface area contributed by atoms with Gasteiger partial charge in [0.05, 0.1) is 45.3 Å². The highest BCUT2D eigenvalue weighted by Gasteiger charge is 2.41. The molecule has 2 atom stereocenters. The van der Waals surface area contributed by atoms with E-state index in [1.165, 1.54) is 39.2 Å². The molecule has 0 bridgehead atoms. The minimum atomic E-state index is -1.07. The topological polar surface area (TPSA) is 341 Å². The summed E-state index contributed by atoms with van der Waals surface area (Å²) in [6.07, 6.45) is 5.52. The van der Waals surface area contributed by atoms with Crippen molar-refractivity contribution in [1.29, 1.82) is 0 Å². The van der Waals surface area contributed by atoms with Gasteiger partial charge in [0.15, 0.2) is 17.7 Å². The third kappa shape index (κ3) is 28.1. The Morgan fingerprint density at radius 1 is 0.435 bits per heavy atom. The average molecular weight is 1490 g/mol. The number of ketones is 1. The number of nitrogens with zero attached hydrogens (tertiary/aromatic N) is 11. The number of likely N-dealkylation sites (tertiary alicyclic amines) is 2. The number of guanidine groups is 2. The second-order valence-corrected chi connectivity index (χ2v) is 29.9. The maximum Gasteiger partial charge on any atom is 0.245 e. The summed E-state index contributed by atoms with van der Waals surface area (Å²) in [5, 5.41) is 3.37. The summed E-state index contributed by atoms with van der Waals surface area (Å²) in [4.78, 5) is 169. The number of rotatable bonds is 45. The smallest absolute Gasteiger partial charge is 0.245 e. The number of Topliss-reactive ketones (excluding diaryl/α,β-unsaturated/α-hetero) is 1.